The van der Waals surface area contributed by atoms with E-state index in [1.165, 1.54) is 0 Å². The van der Waals surface area contributed by atoms with E-state index in [1.807, 2.05) is 20.8 Å². The zero-order valence-corrected chi connectivity index (χ0v) is 9.49. The number of anilines is 1. The van der Waals surface area contributed by atoms with Crippen LogP contribution in [0.15, 0.2) is 12.3 Å². The van der Waals surface area contributed by atoms with E-state index in [0.717, 1.165) is 5.56 Å². The molecule has 0 unspecified atom stereocenters. The first-order chi connectivity index (χ1) is 7.09. The van der Waals surface area contributed by atoms with Gasteiger partial charge in [-0.2, -0.15) is 0 Å². The van der Waals surface area contributed by atoms with Gasteiger partial charge in [-0.3, -0.25) is 0 Å². The summed E-state index contributed by atoms with van der Waals surface area (Å²) in [4.78, 5) is 4.10. The zero-order valence-electron chi connectivity index (χ0n) is 9.49. The smallest absolute Gasteiger partial charge is 0.215 e. The van der Waals surface area contributed by atoms with Crippen LogP contribution in [0.4, 0.5) is 5.69 Å². The van der Waals surface area contributed by atoms with Gasteiger partial charge in [0.05, 0.1) is 12.7 Å². The molecule has 0 aliphatic rings. The lowest BCUT2D eigenvalue weighted by molar-refractivity contribution is 0.0542. The Morgan fingerprint density at radius 2 is 2.13 bits per heavy atom. The minimum Gasteiger partial charge on any atom is -0.475 e. The molecule has 1 rings (SSSR count). The quantitative estimate of drug-likeness (QED) is 0.752. The molecule has 0 bridgehead atoms. The second-order valence-electron chi connectivity index (χ2n) is 3.65. The third-order valence-electron chi connectivity index (χ3n) is 1.90. The van der Waals surface area contributed by atoms with Crippen molar-refractivity contribution < 1.29 is 9.47 Å². The van der Waals surface area contributed by atoms with E-state index in [-0.39, 0.29) is 6.10 Å². The van der Waals surface area contributed by atoms with Crippen LogP contribution in [0, 0.1) is 6.92 Å². The van der Waals surface area contributed by atoms with E-state index in [9.17, 15) is 0 Å². The molecule has 84 valence electrons. The van der Waals surface area contributed by atoms with Crippen LogP contribution in [0.1, 0.15) is 19.4 Å². The number of pyridine rings is 1. The monoisotopic (exact) mass is 210 g/mol. The average Bonchev–Trinajstić information content (AvgIpc) is 2.18. The second-order valence-corrected chi connectivity index (χ2v) is 3.65. The van der Waals surface area contributed by atoms with Crippen molar-refractivity contribution in [3.05, 3.63) is 17.8 Å². The van der Waals surface area contributed by atoms with E-state index in [0.29, 0.717) is 24.8 Å². The summed E-state index contributed by atoms with van der Waals surface area (Å²) in [6, 6.07) is 1.73. The first-order valence-corrected chi connectivity index (χ1v) is 5.06. The molecule has 0 atom stereocenters. The highest BCUT2D eigenvalue weighted by atomic mass is 16.5. The van der Waals surface area contributed by atoms with Gasteiger partial charge in [0.1, 0.15) is 6.61 Å². The van der Waals surface area contributed by atoms with Gasteiger partial charge in [-0.1, -0.05) is 0 Å². The van der Waals surface area contributed by atoms with Crippen LogP contribution in [0.3, 0.4) is 0 Å². The van der Waals surface area contributed by atoms with E-state index in [2.05, 4.69) is 4.98 Å². The number of hydrogen-bond acceptors (Lipinski definition) is 4. The van der Waals surface area contributed by atoms with Crippen molar-refractivity contribution >= 4 is 5.69 Å². The number of nitrogen functional groups attached to an aromatic ring is 1. The highest BCUT2D eigenvalue weighted by Gasteiger charge is 1.99. The maximum Gasteiger partial charge on any atom is 0.215 e. The Balaban J connectivity index is 2.35. The van der Waals surface area contributed by atoms with Gasteiger partial charge in [0, 0.05) is 18.0 Å². The Hall–Kier alpha value is -1.29. The minimum absolute atomic E-state index is 0.227. The second kappa shape index (κ2) is 5.56. The Morgan fingerprint density at radius 1 is 1.40 bits per heavy atom. The van der Waals surface area contributed by atoms with E-state index < -0.39 is 0 Å². The molecular weight excluding hydrogens is 192 g/mol. The molecule has 1 aromatic rings. The van der Waals surface area contributed by atoms with E-state index in [1.54, 1.807) is 12.3 Å². The maximum atomic E-state index is 5.72. The molecule has 1 aromatic heterocycles. The molecule has 0 saturated heterocycles. The van der Waals surface area contributed by atoms with Crippen LogP contribution in [-0.4, -0.2) is 24.3 Å². The fourth-order valence-electron chi connectivity index (χ4n) is 1.03. The molecule has 0 spiro atoms. The van der Waals surface area contributed by atoms with E-state index in [4.69, 9.17) is 15.2 Å². The molecular formula is C11H18N2O2. The van der Waals surface area contributed by atoms with Gasteiger partial charge in [0.15, 0.2) is 0 Å². The zero-order chi connectivity index (χ0) is 11.3. The average molecular weight is 210 g/mol. The highest BCUT2D eigenvalue weighted by molar-refractivity contribution is 5.46. The van der Waals surface area contributed by atoms with Crippen molar-refractivity contribution in [3.8, 4) is 5.88 Å². The van der Waals surface area contributed by atoms with Crippen molar-refractivity contribution in [3.63, 3.8) is 0 Å². The van der Waals surface area contributed by atoms with Crippen LogP contribution in [0.5, 0.6) is 5.88 Å². The Labute approximate surface area is 90.4 Å². The topological polar surface area (TPSA) is 57.4 Å². The molecule has 0 radical (unpaired) electrons. The lowest BCUT2D eigenvalue weighted by Gasteiger charge is -2.09. The van der Waals surface area contributed by atoms with E-state index >= 15 is 0 Å². The Kier molecular flexibility index (Phi) is 4.37. The molecule has 4 nitrogen and oxygen atoms in total. The molecule has 0 aliphatic carbocycles. The number of hydrogen-bond donors (Lipinski definition) is 1. The van der Waals surface area contributed by atoms with Crippen LogP contribution in [0.25, 0.3) is 0 Å². The van der Waals surface area contributed by atoms with Crippen LogP contribution in [-0.2, 0) is 4.74 Å². The molecule has 2 N–H and O–H groups in total. The predicted molar refractivity (Wildman–Crippen MR) is 60.0 cm³/mol. The fourth-order valence-corrected chi connectivity index (χ4v) is 1.03. The van der Waals surface area contributed by atoms with Gasteiger partial charge in [-0.05, 0) is 26.3 Å². The number of rotatable bonds is 5. The summed E-state index contributed by atoms with van der Waals surface area (Å²) in [5.41, 5.74) is 7.38. The molecule has 0 aliphatic heterocycles. The Morgan fingerprint density at radius 3 is 2.73 bits per heavy atom. The molecule has 0 amide bonds. The van der Waals surface area contributed by atoms with Gasteiger partial charge in [-0.25, -0.2) is 4.98 Å². The lowest BCUT2D eigenvalue weighted by atomic mass is 10.3. The predicted octanol–water partition coefficient (Wildman–Crippen LogP) is 1.78. The largest absolute Gasteiger partial charge is 0.475 e. The molecule has 4 heteroatoms. The number of aryl methyl sites for hydroxylation is 1. The van der Waals surface area contributed by atoms with Gasteiger partial charge < -0.3 is 15.2 Å². The molecule has 0 fully saturated rings. The highest BCUT2D eigenvalue weighted by Crippen LogP contribution is 2.15. The first kappa shape index (κ1) is 11.8. The fraction of sp³-hybridized carbons (Fsp3) is 0.545. The lowest BCUT2D eigenvalue weighted by Crippen LogP contribution is -2.11. The van der Waals surface area contributed by atoms with Crippen molar-refractivity contribution in [2.45, 2.75) is 26.9 Å². The number of ether oxygens (including phenoxy) is 2. The van der Waals surface area contributed by atoms with Gasteiger partial charge in [0.2, 0.25) is 5.88 Å². The summed E-state index contributed by atoms with van der Waals surface area (Å²) in [5, 5.41) is 0. The Bertz CT molecular complexity index is 313. The van der Waals surface area contributed by atoms with Crippen LogP contribution >= 0.6 is 0 Å². The third kappa shape index (κ3) is 4.16. The van der Waals surface area contributed by atoms with Gasteiger partial charge in [0.25, 0.3) is 0 Å². The minimum atomic E-state index is 0.227. The summed E-state index contributed by atoms with van der Waals surface area (Å²) < 4.78 is 10.7. The molecule has 0 aromatic carbocycles. The van der Waals surface area contributed by atoms with Crippen molar-refractivity contribution in [1.29, 1.82) is 0 Å². The van der Waals surface area contributed by atoms with Crippen molar-refractivity contribution in [1.82, 2.24) is 4.98 Å². The first-order valence-electron chi connectivity index (χ1n) is 5.06. The third-order valence-corrected chi connectivity index (χ3v) is 1.90. The van der Waals surface area contributed by atoms with Gasteiger partial charge >= 0.3 is 0 Å². The number of aromatic nitrogens is 1. The molecule has 1 heterocycles. The normalized spacial score (nSPS) is 10.7. The van der Waals surface area contributed by atoms with Gasteiger partial charge in [-0.15, -0.1) is 0 Å². The standard InChI is InChI=1S/C11H18N2O2/c1-8(2)14-4-5-15-11-6-10(12)9(3)7-13-11/h6-8H,4-5H2,1-3H3,(H2,12,13). The summed E-state index contributed by atoms with van der Waals surface area (Å²) in [6.07, 6.45) is 1.93. The number of nitrogens with two attached hydrogens (primary N) is 1. The van der Waals surface area contributed by atoms with Crippen LogP contribution < -0.4 is 10.5 Å². The summed E-state index contributed by atoms with van der Waals surface area (Å²) in [5.74, 6) is 0.547. The van der Waals surface area contributed by atoms with Crippen molar-refractivity contribution in [2.24, 2.45) is 0 Å². The van der Waals surface area contributed by atoms with Crippen LogP contribution in [0.2, 0.25) is 0 Å². The SMILES string of the molecule is Cc1cnc(OCCOC(C)C)cc1N. The summed E-state index contributed by atoms with van der Waals surface area (Å²) >= 11 is 0. The number of nitrogens with zero attached hydrogens (tertiary/aromatic N) is 1. The summed E-state index contributed by atoms with van der Waals surface area (Å²) in [7, 11) is 0. The molecule has 0 saturated carbocycles. The maximum absolute atomic E-state index is 5.72. The molecule has 15 heavy (non-hydrogen) atoms. The summed E-state index contributed by atoms with van der Waals surface area (Å²) in [6.45, 7) is 6.94. The van der Waals surface area contributed by atoms with Crippen molar-refractivity contribution in [2.75, 3.05) is 18.9 Å².